The number of nitrogens with one attached hydrogen (secondary N) is 2. The van der Waals surface area contributed by atoms with Gasteiger partial charge in [0.15, 0.2) is 0 Å². The highest BCUT2D eigenvalue weighted by atomic mass is 16.5. The van der Waals surface area contributed by atoms with Crippen molar-refractivity contribution < 1.29 is 14.3 Å². The lowest BCUT2D eigenvalue weighted by Crippen LogP contribution is -2.45. The van der Waals surface area contributed by atoms with Crippen LogP contribution in [0.2, 0.25) is 0 Å². The molecule has 1 atom stereocenters. The average Bonchev–Trinajstić information content (AvgIpc) is 2.59. The molecular formula is C17H18N4O3. The van der Waals surface area contributed by atoms with Crippen molar-refractivity contribution in [1.82, 2.24) is 10.3 Å². The number of nitrogens with zero attached hydrogens (tertiary/aromatic N) is 2. The maximum absolute atomic E-state index is 12.3. The summed E-state index contributed by atoms with van der Waals surface area (Å²) < 4.78 is 4.78. The van der Waals surface area contributed by atoms with Gasteiger partial charge >= 0.3 is 0 Å². The lowest BCUT2D eigenvalue weighted by atomic mass is 10.1. The van der Waals surface area contributed by atoms with Crippen LogP contribution >= 0.6 is 0 Å². The number of rotatable bonds is 4. The molecule has 7 nitrogen and oxygen atoms in total. The van der Waals surface area contributed by atoms with E-state index in [1.165, 1.54) is 7.11 Å². The summed E-state index contributed by atoms with van der Waals surface area (Å²) >= 11 is 0. The number of aromatic nitrogens is 1. The summed E-state index contributed by atoms with van der Waals surface area (Å²) in [5, 5.41) is 5.69. The number of pyridine rings is 1. The van der Waals surface area contributed by atoms with Gasteiger partial charge in [0.25, 0.3) is 5.91 Å². The average molecular weight is 326 g/mol. The van der Waals surface area contributed by atoms with Crippen molar-refractivity contribution in [2.45, 2.75) is 6.17 Å². The molecule has 7 heteroatoms. The predicted molar refractivity (Wildman–Crippen MR) is 89.8 cm³/mol. The first kappa shape index (κ1) is 15.9. The van der Waals surface area contributed by atoms with E-state index >= 15 is 0 Å². The van der Waals surface area contributed by atoms with Crippen LogP contribution in [-0.4, -0.2) is 37.6 Å². The molecule has 0 bridgehead atoms. The van der Waals surface area contributed by atoms with Crippen LogP contribution in [-0.2, 0) is 9.53 Å². The molecule has 1 aromatic carbocycles. The SMILES string of the molecule is COCC(=O)Nc1ccc([C@@H]2NC(=O)c3cccnc3N2C)cc1. The van der Waals surface area contributed by atoms with Gasteiger partial charge in [0.1, 0.15) is 18.6 Å². The standard InChI is InChI=1S/C17H18N4O3/c1-21-15(20-17(23)13-4-3-9-18-16(13)21)11-5-7-12(8-6-11)19-14(22)10-24-2/h3-9,15H,10H2,1-2H3,(H,19,22)(H,20,23)/t15-/m1/s1. The summed E-state index contributed by atoms with van der Waals surface area (Å²) in [5.74, 6) is 0.272. The molecule has 24 heavy (non-hydrogen) atoms. The number of fused-ring (bicyclic) bond motifs is 1. The normalized spacial score (nSPS) is 16.3. The fraction of sp³-hybridized carbons (Fsp3) is 0.235. The quantitative estimate of drug-likeness (QED) is 0.890. The molecule has 1 aromatic heterocycles. The molecule has 0 unspecified atom stereocenters. The number of benzene rings is 1. The van der Waals surface area contributed by atoms with Gasteiger partial charge in [0.2, 0.25) is 5.91 Å². The van der Waals surface area contributed by atoms with Crippen LogP contribution in [0.25, 0.3) is 0 Å². The van der Waals surface area contributed by atoms with E-state index in [1.54, 1.807) is 30.5 Å². The van der Waals surface area contributed by atoms with Crippen molar-refractivity contribution in [2.24, 2.45) is 0 Å². The van der Waals surface area contributed by atoms with Crippen molar-refractivity contribution in [3.8, 4) is 0 Å². The van der Waals surface area contributed by atoms with E-state index in [-0.39, 0.29) is 24.6 Å². The second kappa shape index (κ2) is 6.67. The number of anilines is 2. The number of methoxy groups -OCH3 is 1. The first-order valence-corrected chi connectivity index (χ1v) is 7.47. The highest BCUT2D eigenvalue weighted by Crippen LogP contribution is 2.30. The Balaban J connectivity index is 1.80. The number of hydrogen-bond donors (Lipinski definition) is 2. The summed E-state index contributed by atoms with van der Waals surface area (Å²) in [5.41, 5.74) is 2.12. The maximum Gasteiger partial charge on any atom is 0.256 e. The van der Waals surface area contributed by atoms with Crippen molar-refractivity contribution in [3.05, 3.63) is 53.7 Å². The van der Waals surface area contributed by atoms with Crippen molar-refractivity contribution in [2.75, 3.05) is 31.0 Å². The fourth-order valence-electron chi connectivity index (χ4n) is 2.66. The van der Waals surface area contributed by atoms with Gasteiger partial charge in [-0.05, 0) is 29.8 Å². The number of amides is 2. The zero-order valence-corrected chi connectivity index (χ0v) is 13.4. The van der Waals surface area contributed by atoms with Gasteiger partial charge in [-0.15, -0.1) is 0 Å². The van der Waals surface area contributed by atoms with E-state index in [4.69, 9.17) is 4.74 Å². The molecule has 1 aliphatic rings. The van der Waals surface area contributed by atoms with Crippen molar-refractivity contribution in [1.29, 1.82) is 0 Å². The number of carbonyl (C=O) groups is 2. The zero-order valence-electron chi connectivity index (χ0n) is 13.4. The molecule has 2 aromatic rings. The van der Waals surface area contributed by atoms with Crippen molar-refractivity contribution >= 4 is 23.3 Å². The molecule has 0 fully saturated rings. The number of ether oxygens (including phenoxy) is 1. The van der Waals surface area contributed by atoms with Crippen LogP contribution in [0.15, 0.2) is 42.6 Å². The van der Waals surface area contributed by atoms with E-state index in [9.17, 15) is 9.59 Å². The van der Waals surface area contributed by atoms with Gasteiger partial charge in [-0.2, -0.15) is 0 Å². The highest BCUT2D eigenvalue weighted by Gasteiger charge is 2.30. The Labute approximate surface area is 139 Å². The molecule has 1 aliphatic heterocycles. The minimum Gasteiger partial charge on any atom is -0.375 e. The number of carbonyl (C=O) groups excluding carboxylic acids is 2. The van der Waals surface area contributed by atoms with Crippen LogP contribution in [0.5, 0.6) is 0 Å². The summed E-state index contributed by atoms with van der Waals surface area (Å²) in [4.78, 5) is 30.0. The first-order valence-electron chi connectivity index (χ1n) is 7.47. The first-order chi connectivity index (χ1) is 11.6. The van der Waals surface area contributed by atoms with E-state index in [2.05, 4.69) is 15.6 Å². The van der Waals surface area contributed by atoms with Crippen LogP contribution < -0.4 is 15.5 Å². The monoisotopic (exact) mass is 326 g/mol. The minimum absolute atomic E-state index is 0.00558. The van der Waals surface area contributed by atoms with Crippen LogP contribution in [0.1, 0.15) is 22.1 Å². The third kappa shape index (κ3) is 3.07. The molecular weight excluding hydrogens is 308 g/mol. The third-order valence-corrected chi connectivity index (χ3v) is 3.81. The Morgan fingerprint density at radius 2 is 2.08 bits per heavy atom. The van der Waals surface area contributed by atoms with E-state index in [0.29, 0.717) is 17.1 Å². The second-order valence-corrected chi connectivity index (χ2v) is 5.46. The zero-order chi connectivity index (χ0) is 17.1. The molecule has 0 saturated heterocycles. The summed E-state index contributed by atoms with van der Waals surface area (Å²) in [6.07, 6.45) is 1.35. The third-order valence-electron chi connectivity index (χ3n) is 3.81. The van der Waals surface area contributed by atoms with E-state index in [0.717, 1.165) is 5.56 Å². The Morgan fingerprint density at radius 3 is 2.79 bits per heavy atom. The molecule has 0 saturated carbocycles. The van der Waals surface area contributed by atoms with Crippen LogP contribution in [0.4, 0.5) is 11.5 Å². The maximum atomic E-state index is 12.3. The van der Waals surface area contributed by atoms with Gasteiger partial charge in [-0.25, -0.2) is 4.98 Å². The van der Waals surface area contributed by atoms with Gasteiger partial charge in [-0.3, -0.25) is 9.59 Å². The van der Waals surface area contributed by atoms with E-state index in [1.807, 2.05) is 24.1 Å². The molecule has 3 rings (SSSR count). The predicted octanol–water partition coefficient (Wildman–Crippen LogP) is 1.54. The van der Waals surface area contributed by atoms with Gasteiger partial charge in [0.05, 0.1) is 5.56 Å². The second-order valence-electron chi connectivity index (χ2n) is 5.46. The van der Waals surface area contributed by atoms with Gasteiger partial charge in [-0.1, -0.05) is 12.1 Å². The topological polar surface area (TPSA) is 83.6 Å². The van der Waals surface area contributed by atoms with Crippen LogP contribution in [0, 0.1) is 0 Å². The number of hydrogen-bond acceptors (Lipinski definition) is 5. The van der Waals surface area contributed by atoms with Crippen molar-refractivity contribution in [3.63, 3.8) is 0 Å². The Morgan fingerprint density at radius 1 is 1.33 bits per heavy atom. The largest absolute Gasteiger partial charge is 0.375 e. The molecule has 0 radical (unpaired) electrons. The van der Waals surface area contributed by atoms with E-state index < -0.39 is 0 Å². The van der Waals surface area contributed by atoms with Gasteiger partial charge in [0, 0.05) is 26.0 Å². The highest BCUT2D eigenvalue weighted by molar-refractivity contribution is 6.01. The molecule has 2 N–H and O–H groups in total. The minimum atomic E-state index is -0.316. The Hall–Kier alpha value is -2.93. The molecule has 2 heterocycles. The fourth-order valence-corrected chi connectivity index (χ4v) is 2.66. The molecule has 0 spiro atoms. The summed E-state index contributed by atoms with van der Waals surface area (Å²) in [7, 11) is 3.35. The summed E-state index contributed by atoms with van der Waals surface area (Å²) in [6, 6.07) is 10.8. The van der Waals surface area contributed by atoms with Crippen LogP contribution in [0.3, 0.4) is 0 Å². The Bertz CT molecular complexity index is 761. The smallest absolute Gasteiger partial charge is 0.256 e. The lowest BCUT2D eigenvalue weighted by Gasteiger charge is -2.35. The molecule has 0 aliphatic carbocycles. The summed E-state index contributed by atoms with van der Waals surface area (Å²) in [6.45, 7) is 0.00558. The lowest BCUT2D eigenvalue weighted by molar-refractivity contribution is -0.119. The Kier molecular flexibility index (Phi) is 4.43. The molecule has 124 valence electrons. The van der Waals surface area contributed by atoms with Gasteiger partial charge < -0.3 is 20.3 Å². The molecule has 2 amide bonds.